The summed E-state index contributed by atoms with van der Waals surface area (Å²) in [6.07, 6.45) is 14.5. The van der Waals surface area contributed by atoms with Crippen LogP contribution in [0, 0.1) is 17.8 Å². The second kappa shape index (κ2) is 18.0. The maximum Gasteiger partial charge on any atom is 0.328 e. The van der Waals surface area contributed by atoms with E-state index in [1.807, 2.05) is 24.4 Å². The molecule has 8 N–H and O–H groups in total. The number of aliphatic hydroxyl groups is 1. The molecule has 3 aliphatic rings. The Bertz CT molecular complexity index is 1770. The van der Waals surface area contributed by atoms with Gasteiger partial charge in [0, 0.05) is 37.6 Å². The first-order valence-electron chi connectivity index (χ1n) is 19.4. The van der Waals surface area contributed by atoms with Crippen LogP contribution in [0.25, 0.3) is 16.1 Å². The third-order valence-electron chi connectivity index (χ3n) is 12.0. The largest absolute Gasteiger partial charge is 0.478 e. The summed E-state index contributed by atoms with van der Waals surface area (Å²) in [6.45, 7) is 0.596. The Morgan fingerprint density at radius 3 is 2.60 bits per heavy atom. The van der Waals surface area contributed by atoms with E-state index in [1.54, 1.807) is 0 Å². The molecule has 1 fully saturated rings. The SMILES string of the molecule is NC1=NCC[C@H](/C(=C\C(=O)O)[C@H]([N-]c2ccc[nH]2)[C@H]2CC[C@@H]3C[C@H]2[C@@H](CCC[C@@H](N)CC[C@H](C=O)CCCO)c2cc4cc(CC=O)ccc4cc23)N1. The number of carboxylic acids is 1. The number of carbonyl (C=O) groups excluding carboxylic acids is 2. The number of nitrogens with zero attached hydrogens (tertiary/aromatic N) is 2. The first kappa shape index (κ1) is 38.3. The Morgan fingerprint density at radius 1 is 1.02 bits per heavy atom. The van der Waals surface area contributed by atoms with Crippen molar-refractivity contribution in [2.75, 3.05) is 13.2 Å². The molecule has 0 amide bonds. The Hall–Kier alpha value is -4.48. The van der Waals surface area contributed by atoms with Crippen molar-refractivity contribution in [3.63, 3.8) is 0 Å². The summed E-state index contributed by atoms with van der Waals surface area (Å²) in [5.41, 5.74) is 17.3. The fourth-order valence-electron chi connectivity index (χ4n) is 9.42. The Kier molecular flexibility index (Phi) is 13.0. The highest BCUT2D eigenvalue weighted by atomic mass is 16.4. The van der Waals surface area contributed by atoms with Gasteiger partial charge in [0.15, 0.2) is 5.96 Å². The van der Waals surface area contributed by atoms with E-state index < -0.39 is 12.0 Å². The van der Waals surface area contributed by atoms with E-state index >= 15 is 0 Å². The maximum atomic E-state index is 12.5. The van der Waals surface area contributed by atoms with Crippen LogP contribution in [0.4, 0.5) is 5.82 Å². The predicted octanol–water partition coefficient (Wildman–Crippen LogP) is 6.13. The second-order valence-electron chi connectivity index (χ2n) is 15.4. The van der Waals surface area contributed by atoms with Crippen molar-refractivity contribution in [2.45, 2.75) is 107 Å². The summed E-state index contributed by atoms with van der Waals surface area (Å²) < 4.78 is 0. The summed E-state index contributed by atoms with van der Waals surface area (Å²) in [7, 11) is 0. The molecule has 284 valence electrons. The molecule has 53 heavy (non-hydrogen) atoms. The fourth-order valence-corrected chi connectivity index (χ4v) is 9.42. The van der Waals surface area contributed by atoms with Gasteiger partial charge in [-0.1, -0.05) is 60.9 Å². The van der Waals surface area contributed by atoms with Gasteiger partial charge < -0.3 is 46.9 Å². The molecule has 0 spiro atoms. The van der Waals surface area contributed by atoms with Crippen LogP contribution in [0.3, 0.4) is 0 Å². The van der Waals surface area contributed by atoms with Crippen molar-refractivity contribution in [1.82, 2.24) is 10.3 Å². The van der Waals surface area contributed by atoms with Gasteiger partial charge in [-0.25, -0.2) is 4.79 Å². The number of guanidine groups is 1. The van der Waals surface area contributed by atoms with Gasteiger partial charge in [0.25, 0.3) is 0 Å². The third kappa shape index (κ3) is 9.37. The van der Waals surface area contributed by atoms with Crippen LogP contribution in [0.5, 0.6) is 0 Å². The summed E-state index contributed by atoms with van der Waals surface area (Å²) in [5.74, 6) is 0.839. The number of fused-ring (bicyclic) bond motifs is 5. The zero-order valence-electron chi connectivity index (χ0n) is 30.5. The minimum atomic E-state index is -1.01. The lowest BCUT2D eigenvalue weighted by Gasteiger charge is -2.51. The van der Waals surface area contributed by atoms with Crippen LogP contribution in [-0.2, 0) is 20.8 Å². The molecule has 2 aromatic carbocycles. The van der Waals surface area contributed by atoms with Gasteiger partial charge in [-0.3, -0.25) is 4.99 Å². The van der Waals surface area contributed by atoms with Gasteiger partial charge in [0.05, 0.1) is 6.04 Å². The number of aromatic nitrogens is 1. The van der Waals surface area contributed by atoms with Gasteiger partial charge in [0.2, 0.25) is 0 Å². The van der Waals surface area contributed by atoms with E-state index in [4.69, 9.17) is 16.8 Å². The average molecular weight is 724 g/mol. The van der Waals surface area contributed by atoms with E-state index in [2.05, 4.69) is 39.6 Å². The minimum Gasteiger partial charge on any atom is -0.478 e. The van der Waals surface area contributed by atoms with Gasteiger partial charge in [0.1, 0.15) is 12.6 Å². The molecule has 0 radical (unpaired) electrons. The molecular weight excluding hydrogens is 668 g/mol. The highest BCUT2D eigenvalue weighted by molar-refractivity contribution is 5.86. The van der Waals surface area contributed by atoms with E-state index in [9.17, 15) is 24.6 Å². The van der Waals surface area contributed by atoms with Crippen molar-refractivity contribution < 1.29 is 24.6 Å². The van der Waals surface area contributed by atoms with E-state index in [0.29, 0.717) is 49.9 Å². The zero-order valence-corrected chi connectivity index (χ0v) is 30.5. The number of aromatic amines is 1. The number of nitrogens with one attached hydrogen (secondary N) is 2. The molecule has 2 bridgehead atoms. The van der Waals surface area contributed by atoms with Crippen LogP contribution < -0.4 is 16.8 Å². The monoisotopic (exact) mass is 723 g/mol. The fraction of sp³-hybridized carbons (Fsp3) is 0.524. The molecule has 1 aromatic heterocycles. The summed E-state index contributed by atoms with van der Waals surface area (Å²) in [6, 6.07) is 14.1. The van der Waals surface area contributed by atoms with Crippen LogP contribution >= 0.6 is 0 Å². The molecule has 0 unspecified atom stereocenters. The lowest BCUT2D eigenvalue weighted by Crippen LogP contribution is -2.49. The Balaban J connectivity index is 1.34. The van der Waals surface area contributed by atoms with Crippen LogP contribution in [-0.4, -0.2) is 71.0 Å². The highest BCUT2D eigenvalue weighted by Gasteiger charge is 2.45. The maximum absolute atomic E-state index is 12.5. The van der Waals surface area contributed by atoms with Crippen LogP contribution in [0.1, 0.15) is 99.2 Å². The second-order valence-corrected chi connectivity index (χ2v) is 15.4. The first-order valence-corrected chi connectivity index (χ1v) is 19.4. The lowest BCUT2D eigenvalue weighted by atomic mass is 9.56. The average Bonchev–Trinajstić information content (AvgIpc) is 3.67. The summed E-state index contributed by atoms with van der Waals surface area (Å²) >= 11 is 0. The molecule has 2 heterocycles. The summed E-state index contributed by atoms with van der Waals surface area (Å²) in [5, 5.41) is 30.3. The molecule has 1 saturated carbocycles. The minimum absolute atomic E-state index is 0.0303. The van der Waals surface area contributed by atoms with Crippen molar-refractivity contribution in [1.29, 1.82) is 0 Å². The molecule has 11 nitrogen and oxygen atoms in total. The molecule has 1 aliphatic heterocycles. The summed E-state index contributed by atoms with van der Waals surface area (Å²) in [4.78, 5) is 43.1. The van der Waals surface area contributed by atoms with Gasteiger partial charge in [-0.15, -0.1) is 0 Å². The van der Waals surface area contributed by atoms with Crippen molar-refractivity contribution in [2.24, 2.45) is 34.2 Å². The van der Waals surface area contributed by atoms with Crippen LogP contribution in [0.15, 0.2) is 65.3 Å². The normalized spacial score (nSPS) is 24.3. The molecule has 0 saturated heterocycles. The standard InChI is InChI=1S/C42H55N6O5/c43-31(12-9-27(25-51)4-3-18-49)5-1-6-32-35-22-29(34-21-28-10-8-26(15-19-50)20-30(28)23-36(32)34)11-13-33(35)41(48-39-7-2-16-45-39)37(24-40(52)53)38-14-17-46-42(44)47-38/h2,7-8,10,16,19-21,23-25,27,29,31-33,35,38,41,45,49H,1,3-6,9,11-15,17-18,22,43H2,(H,52,53)(H3,44,46,47)/q-1/b37-24+/t27-,29-,31-,32-,33+,35+,38-,41-/m1/s1. The smallest absolute Gasteiger partial charge is 0.328 e. The number of hydrogen-bond acceptors (Lipinski definition) is 8. The number of aliphatic imine (C=N–C) groups is 1. The first-order chi connectivity index (χ1) is 25.8. The molecular formula is C42H55N6O5-. The van der Waals surface area contributed by atoms with Crippen molar-refractivity contribution in [3.8, 4) is 0 Å². The van der Waals surface area contributed by atoms with Gasteiger partial charge in [-0.05, 0) is 127 Å². The number of aliphatic hydroxyl groups excluding tert-OH is 1. The highest BCUT2D eigenvalue weighted by Crippen LogP contribution is 2.57. The Morgan fingerprint density at radius 2 is 1.87 bits per heavy atom. The topological polar surface area (TPSA) is 198 Å². The van der Waals surface area contributed by atoms with Crippen molar-refractivity contribution in [3.05, 3.63) is 82.3 Å². The number of carboxylic acid groups (broad SMARTS) is 1. The predicted molar refractivity (Wildman–Crippen MR) is 208 cm³/mol. The zero-order chi connectivity index (χ0) is 37.3. The number of H-pyrrole nitrogens is 1. The molecule has 11 heteroatoms. The number of aliphatic carboxylic acids is 1. The van der Waals surface area contributed by atoms with Crippen LogP contribution in [0.2, 0.25) is 0 Å². The molecule has 6 rings (SSSR count). The van der Waals surface area contributed by atoms with Gasteiger partial charge >= 0.3 is 5.97 Å². The number of aldehydes is 2. The Labute approximate surface area is 312 Å². The van der Waals surface area contributed by atoms with E-state index in [-0.39, 0.29) is 42.4 Å². The molecule has 8 atom stereocenters. The number of rotatable bonds is 19. The number of benzene rings is 2. The molecule has 2 aliphatic carbocycles. The molecule has 3 aromatic rings. The third-order valence-corrected chi connectivity index (χ3v) is 12.0. The van der Waals surface area contributed by atoms with Crippen molar-refractivity contribution >= 4 is 41.1 Å². The number of carbonyl (C=O) groups is 3. The van der Waals surface area contributed by atoms with E-state index in [0.717, 1.165) is 80.5 Å². The number of hydrogen-bond donors (Lipinski definition) is 6. The van der Waals surface area contributed by atoms with E-state index in [1.165, 1.54) is 22.6 Å². The quantitative estimate of drug-likeness (QED) is 0.0627. The number of nitrogens with two attached hydrogens (primary N) is 2. The lowest BCUT2D eigenvalue weighted by molar-refractivity contribution is -0.131. The van der Waals surface area contributed by atoms with Gasteiger partial charge in [-0.2, -0.15) is 0 Å².